The maximum Gasteiger partial charge on any atom is 0.234 e. The van der Waals surface area contributed by atoms with Gasteiger partial charge in [0.1, 0.15) is 0 Å². The molecule has 0 atom stereocenters. The third-order valence-electron chi connectivity index (χ3n) is 3.24. The van der Waals surface area contributed by atoms with Crippen LogP contribution in [-0.2, 0) is 9.59 Å². The van der Waals surface area contributed by atoms with Gasteiger partial charge in [-0.25, -0.2) is 0 Å². The van der Waals surface area contributed by atoms with Crippen molar-refractivity contribution in [2.45, 2.75) is 6.92 Å². The van der Waals surface area contributed by atoms with Crippen LogP contribution < -0.4 is 16.0 Å². The molecule has 116 valence electrons. The second kappa shape index (κ2) is 9.68. The fourth-order valence-electron chi connectivity index (χ4n) is 2.07. The van der Waals surface area contributed by atoms with Crippen molar-refractivity contribution in [2.75, 3.05) is 66.0 Å². The van der Waals surface area contributed by atoms with Crippen molar-refractivity contribution >= 4 is 11.8 Å². The second-order valence-electron chi connectivity index (χ2n) is 5.16. The smallest absolute Gasteiger partial charge is 0.234 e. The molecule has 2 amide bonds. The Morgan fingerprint density at radius 3 is 2.50 bits per heavy atom. The summed E-state index contributed by atoms with van der Waals surface area (Å²) in [6.07, 6.45) is 0. The minimum Gasteiger partial charge on any atom is -0.355 e. The molecule has 0 aliphatic carbocycles. The Bertz CT molecular complexity index is 305. The molecule has 0 saturated carbocycles. The molecule has 1 saturated heterocycles. The van der Waals surface area contributed by atoms with Gasteiger partial charge in [-0.15, -0.1) is 0 Å². The molecule has 0 aromatic carbocycles. The van der Waals surface area contributed by atoms with Gasteiger partial charge in [-0.1, -0.05) is 0 Å². The first kappa shape index (κ1) is 16.9. The molecular weight excluding hydrogens is 258 g/mol. The van der Waals surface area contributed by atoms with E-state index in [4.69, 9.17) is 0 Å². The molecule has 1 fully saturated rings. The number of nitrogens with zero attached hydrogens (tertiary/aromatic N) is 2. The van der Waals surface area contributed by atoms with Crippen molar-refractivity contribution in [2.24, 2.45) is 0 Å². The zero-order valence-electron chi connectivity index (χ0n) is 12.6. The van der Waals surface area contributed by atoms with E-state index >= 15 is 0 Å². The lowest BCUT2D eigenvalue weighted by Gasteiger charge is -2.28. The van der Waals surface area contributed by atoms with Crippen LogP contribution >= 0.6 is 0 Å². The summed E-state index contributed by atoms with van der Waals surface area (Å²) < 4.78 is 0. The first-order chi connectivity index (χ1) is 9.58. The Kier molecular flexibility index (Phi) is 8.17. The van der Waals surface area contributed by atoms with Gasteiger partial charge < -0.3 is 16.0 Å². The van der Waals surface area contributed by atoms with Crippen molar-refractivity contribution in [1.82, 2.24) is 25.8 Å². The highest BCUT2D eigenvalue weighted by molar-refractivity contribution is 5.78. The molecule has 0 unspecified atom stereocenters. The fourth-order valence-corrected chi connectivity index (χ4v) is 2.07. The second-order valence-corrected chi connectivity index (χ2v) is 5.16. The van der Waals surface area contributed by atoms with Gasteiger partial charge in [-0.2, -0.15) is 0 Å². The molecule has 20 heavy (non-hydrogen) atoms. The molecule has 1 aliphatic rings. The Morgan fingerprint density at radius 1 is 1.20 bits per heavy atom. The van der Waals surface area contributed by atoms with Crippen LogP contribution in [0.5, 0.6) is 0 Å². The highest BCUT2D eigenvalue weighted by atomic mass is 16.2. The van der Waals surface area contributed by atoms with E-state index in [2.05, 4.69) is 20.9 Å². The Balaban J connectivity index is 2.03. The molecule has 0 aromatic heterocycles. The summed E-state index contributed by atoms with van der Waals surface area (Å²) in [7, 11) is 1.95. The van der Waals surface area contributed by atoms with Crippen molar-refractivity contribution < 1.29 is 9.59 Å². The number of likely N-dealkylation sites (N-methyl/N-ethyl adjacent to an activating group) is 1. The number of nitrogens with one attached hydrogen (secondary N) is 3. The number of carbonyl (C=O) groups is 2. The van der Waals surface area contributed by atoms with E-state index in [0.29, 0.717) is 19.6 Å². The van der Waals surface area contributed by atoms with Crippen LogP contribution in [-0.4, -0.2) is 87.6 Å². The summed E-state index contributed by atoms with van der Waals surface area (Å²) in [5.41, 5.74) is 0. The van der Waals surface area contributed by atoms with Gasteiger partial charge in [0, 0.05) is 59.3 Å². The predicted octanol–water partition coefficient (Wildman–Crippen LogP) is -1.92. The quantitative estimate of drug-likeness (QED) is 0.453. The molecule has 7 nitrogen and oxygen atoms in total. The number of piperazine rings is 1. The molecule has 0 radical (unpaired) electrons. The van der Waals surface area contributed by atoms with E-state index in [1.807, 2.05) is 11.9 Å². The van der Waals surface area contributed by atoms with Gasteiger partial charge in [0.05, 0.1) is 6.54 Å². The highest BCUT2D eigenvalue weighted by Crippen LogP contribution is 1.93. The average molecular weight is 285 g/mol. The third-order valence-corrected chi connectivity index (χ3v) is 3.24. The summed E-state index contributed by atoms with van der Waals surface area (Å²) in [6.45, 7) is 8.96. The SMILES string of the molecule is CC(=O)NCCNC(=O)CN(C)CCN1CCNCC1. The van der Waals surface area contributed by atoms with E-state index in [-0.39, 0.29) is 11.8 Å². The molecule has 1 aliphatic heterocycles. The summed E-state index contributed by atoms with van der Waals surface area (Å²) in [6, 6.07) is 0. The van der Waals surface area contributed by atoms with Gasteiger partial charge in [0.25, 0.3) is 0 Å². The number of amides is 2. The van der Waals surface area contributed by atoms with E-state index < -0.39 is 0 Å². The summed E-state index contributed by atoms with van der Waals surface area (Å²) >= 11 is 0. The zero-order valence-corrected chi connectivity index (χ0v) is 12.6. The van der Waals surface area contributed by atoms with Gasteiger partial charge in [-0.3, -0.25) is 19.4 Å². The zero-order chi connectivity index (χ0) is 14.8. The number of rotatable bonds is 8. The third kappa shape index (κ3) is 8.08. The largest absolute Gasteiger partial charge is 0.355 e. The maximum absolute atomic E-state index is 11.7. The van der Waals surface area contributed by atoms with Crippen LogP contribution in [0.2, 0.25) is 0 Å². The highest BCUT2D eigenvalue weighted by Gasteiger charge is 2.11. The standard InChI is InChI=1S/C13H27N5O2/c1-12(19)15-3-4-16-13(20)11-17(2)9-10-18-7-5-14-6-8-18/h14H,3-11H2,1-2H3,(H,15,19)(H,16,20). The van der Waals surface area contributed by atoms with Crippen LogP contribution in [0.4, 0.5) is 0 Å². The Morgan fingerprint density at radius 2 is 1.85 bits per heavy atom. The van der Waals surface area contributed by atoms with Gasteiger partial charge in [0.2, 0.25) is 11.8 Å². The van der Waals surface area contributed by atoms with Crippen molar-refractivity contribution in [3.8, 4) is 0 Å². The molecule has 1 heterocycles. The normalized spacial score (nSPS) is 16.1. The van der Waals surface area contributed by atoms with Gasteiger partial charge in [-0.05, 0) is 7.05 Å². The predicted molar refractivity (Wildman–Crippen MR) is 78.5 cm³/mol. The van der Waals surface area contributed by atoms with E-state index in [1.165, 1.54) is 6.92 Å². The molecule has 3 N–H and O–H groups in total. The minimum atomic E-state index is -0.0765. The summed E-state index contributed by atoms with van der Waals surface area (Å²) in [5, 5.41) is 8.75. The van der Waals surface area contributed by atoms with E-state index in [1.54, 1.807) is 0 Å². The lowest BCUT2D eigenvalue weighted by Crippen LogP contribution is -2.47. The molecule has 0 bridgehead atoms. The van der Waals surface area contributed by atoms with Crippen molar-refractivity contribution in [1.29, 1.82) is 0 Å². The van der Waals surface area contributed by atoms with Crippen LogP contribution in [0.15, 0.2) is 0 Å². The van der Waals surface area contributed by atoms with Gasteiger partial charge in [0.15, 0.2) is 0 Å². The first-order valence-electron chi connectivity index (χ1n) is 7.20. The molecule has 1 rings (SSSR count). The van der Waals surface area contributed by atoms with Crippen molar-refractivity contribution in [3.63, 3.8) is 0 Å². The maximum atomic E-state index is 11.7. The average Bonchev–Trinajstić information content (AvgIpc) is 2.42. The minimum absolute atomic E-state index is 0.00170. The number of hydrogen-bond acceptors (Lipinski definition) is 5. The van der Waals surface area contributed by atoms with Crippen LogP contribution in [0.1, 0.15) is 6.92 Å². The molecule has 7 heteroatoms. The fraction of sp³-hybridized carbons (Fsp3) is 0.846. The van der Waals surface area contributed by atoms with E-state index in [0.717, 1.165) is 39.3 Å². The Hall–Kier alpha value is -1.18. The number of hydrogen-bond donors (Lipinski definition) is 3. The van der Waals surface area contributed by atoms with Crippen LogP contribution in [0.3, 0.4) is 0 Å². The van der Waals surface area contributed by atoms with Crippen molar-refractivity contribution in [3.05, 3.63) is 0 Å². The van der Waals surface area contributed by atoms with Gasteiger partial charge >= 0.3 is 0 Å². The number of carbonyl (C=O) groups excluding carboxylic acids is 2. The lowest BCUT2D eigenvalue weighted by atomic mass is 10.3. The summed E-state index contributed by atoms with van der Waals surface area (Å²) in [5.74, 6) is -0.0782. The van der Waals surface area contributed by atoms with Crippen LogP contribution in [0.25, 0.3) is 0 Å². The molecule has 0 spiro atoms. The van der Waals surface area contributed by atoms with E-state index in [9.17, 15) is 9.59 Å². The topological polar surface area (TPSA) is 76.7 Å². The van der Waals surface area contributed by atoms with Crippen LogP contribution in [0, 0.1) is 0 Å². The summed E-state index contributed by atoms with van der Waals surface area (Å²) in [4.78, 5) is 26.7. The molecular formula is C13H27N5O2. The first-order valence-corrected chi connectivity index (χ1v) is 7.20. The molecule has 0 aromatic rings. The lowest BCUT2D eigenvalue weighted by molar-refractivity contribution is -0.122. The monoisotopic (exact) mass is 285 g/mol. The Labute approximate surface area is 121 Å².